The van der Waals surface area contributed by atoms with Crippen LogP contribution in [0.25, 0.3) is 0 Å². The lowest BCUT2D eigenvalue weighted by molar-refractivity contribution is 1.20. The van der Waals surface area contributed by atoms with E-state index < -0.39 is 0 Å². The van der Waals surface area contributed by atoms with Crippen molar-refractivity contribution in [1.82, 2.24) is 0 Å². The van der Waals surface area contributed by atoms with E-state index in [-0.39, 0.29) is 0 Å². The van der Waals surface area contributed by atoms with Gasteiger partial charge in [0.2, 0.25) is 5.96 Å². The SMILES string of the molecule is Cc1ccccc1N(C)C(N)=Nc1ccccc1. The van der Waals surface area contributed by atoms with Crippen molar-refractivity contribution in [3.05, 3.63) is 60.2 Å². The minimum Gasteiger partial charge on any atom is -0.369 e. The molecule has 2 N–H and O–H groups in total. The van der Waals surface area contributed by atoms with Crippen molar-refractivity contribution in [2.45, 2.75) is 6.92 Å². The van der Waals surface area contributed by atoms with Gasteiger partial charge in [-0.1, -0.05) is 36.4 Å². The Morgan fingerprint density at radius 1 is 1.00 bits per heavy atom. The summed E-state index contributed by atoms with van der Waals surface area (Å²) in [6.07, 6.45) is 0. The molecule has 0 aliphatic carbocycles. The fraction of sp³-hybridized carbons (Fsp3) is 0.133. The number of hydrogen-bond acceptors (Lipinski definition) is 1. The van der Waals surface area contributed by atoms with E-state index in [0.717, 1.165) is 11.4 Å². The number of guanidine groups is 1. The Bertz CT molecular complexity index is 547. The molecule has 2 aromatic carbocycles. The highest BCUT2D eigenvalue weighted by Gasteiger charge is 2.07. The first-order chi connectivity index (χ1) is 8.68. The first-order valence-electron chi connectivity index (χ1n) is 5.87. The summed E-state index contributed by atoms with van der Waals surface area (Å²) >= 11 is 0. The standard InChI is InChI=1S/C15H17N3/c1-12-8-6-7-11-14(12)18(2)15(16)17-13-9-4-3-5-10-13/h3-11H,1-2H3,(H2,16,17). The van der Waals surface area contributed by atoms with Gasteiger partial charge >= 0.3 is 0 Å². The first kappa shape index (κ1) is 12.2. The maximum absolute atomic E-state index is 6.03. The smallest absolute Gasteiger partial charge is 0.200 e. The van der Waals surface area contributed by atoms with Gasteiger partial charge in [-0.15, -0.1) is 0 Å². The van der Waals surface area contributed by atoms with Gasteiger partial charge < -0.3 is 10.6 Å². The maximum atomic E-state index is 6.03. The van der Waals surface area contributed by atoms with E-state index in [2.05, 4.69) is 18.0 Å². The fourth-order valence-electron chi connectivity index (χ4n) is 1.77. The summed E-state index contributed by atoms with van der Waals surface area (Å²) < 4.78 is 0. The molecule has 2 rings (SSSR count). The third-order valence-corrected chi connectivity index (χ3v) is 2.82. The lowest BCUT2D eigenvalue weighted by Gasteiger charge is -2.20. The number of nitrogens with zero attached hydrogens (tertiary/aromatic N) is 2. The zero-order chi connectivity index (χ0) is 13.0. The number of benzene rings is 2. The first-order valence-corrected chi connectivity index (χ1v) is 5.87. The Kier molecular flexibility index (Phi) is 3.63. The minimum atomic E-state index is 0.482. The number of hydrogen-bond donors (Lipinski definition) is 1. The van der Waals surface area contributed by atoms with Crippen LogP contribution in [-0.4, -0.2) is 13.0 Å². The van der Waals surface area contributed by atoms with Gasteiger partial charge in [0.05, 0.1) is 5.69 Å². The van der Waals surface area contributed by atoms with Gasteiger partial charge in [0.15, 0.2) is 0 Å². The molecule has 0 amide bonds. The molecular weight excluding hydrogens is 222 g/mol. The molecule has 3 nitrogen and oxygen atoms in total. The van der Waals surface area contributed by atoms with Crippen molar-refractivity contribution >= 4 is 17.3 Å². The van der Waals surface area contributed by atoms with Gasteiger partial charge in [0.1, 0.15) is 0 Å². The molecule has 0 fully saturated rings. The van der Waals surface area contributed by atoms with E-state index in [9.17, 15) is 0 Å². The van der Waals surface area contributed by atoms with Crippen LogP contribution in [0, 0.1) is 6.92 Å². The molecule has 0 atom stereocenters. The summed E-state index contributed by atoms with van der Waals surface area (Å²) in [5.41, 5.74) is 9.12. The number of aryl methyl sites for hydroxylation is 1. The van der Waals surface area contributed by atoms with Gasteiger partial charge in [-0.3, -0.25) is 0 Å². The summed E-state index contributed by atoms with van der Waals surface area (Å²) in [5.74, 6) is 0.482. The van der Waals surface area contributed by atoms with Gasteiger partial charge in [-0.2, -0.15) is 0 Å². The van der Waals surface area contributed by atoms with Gasteiger partial charge in [0.25, 0.3) is 0 Å². The normalized spacial score (nSPS) is 11.3. The van der Waals surface area contributed by atoms with Crippen molar-refractivity contribution in [2.24, 2.45) is 10.7 Å². The van der Waals surface area contributed by atoms with E-state index in [1.165, 1.54) is 5.56 Å². The number of anilines is 1. The van der Waals surface area contributed by atoms with E-state index in [1.54, 1.807) is 0 Å². The highest BCUT2D eigenvalue weighted by atomic mass is 15.2. The van der Waals surface area contributed by atoms with Crippen molar-refractivity contribution in [3.8, 4) is 0 Å². The average molecular weight is 239 g/mol. The molecule has 18 heavy (non-hydrogen) atoms. The van der Waals surface area contributed by atoms with Crippen LogP contribution in [0.4, 0.5) is 11.4 Å². The molecule has 0 heterocycles. The second-order valence-electron chi connectivity index (χ2n) is 4.15. The molecule has 92 valence electrons. The summed E-state index contributed by atoms with van der Waals surface area (Å²) in [6.45, 7) is 2.06. The molecule has 0 saturated carbocycles. The predicted molar refractivity (Wildman–Crippen MR) is 77.3 cm³/mol. The summed E-state index contributed by atoms with van der Waals surface area (Å²) in [6, 6.07) is 17.8. The Morgan fingerprint density at radius 3 is 2.28 bits per heavy atom. The van der Waals surface area contributed by atoms with Crippen molar-refractivity contribution < 1.29 is 0 Å². The van der Waals surface area contributed by atoms with Gasteiger partial charge in [-0.25, -0.2) is 4.99 Å². The van der Waals surface area contributed by atoms with Crippen LogP contribution in [0.5, 0.6) is 0 Å². The van der Waals surface area contributed by atoms with E-state index in [4.69, 9.17) is 5.73 Å². The molecule has 0 aromatic heterocycles. The summed E-state index contributed by atoms with van der Waals surface area (Å²) in [4.78, 5) is 6.29. The summed E-state index contributed by atoms with van der Waals surface area (Å²) in [5, 5.41) is 0. The lowest BCUT2D eigenvalue weighted by atomic mass is 10.2. The molecule has 0 unspecified atom stereocenters. The summed E-state index contributed by atoms with van der Waals surface area (Å²) in [7, 11) is 1.92. The maximum Gasteiger partial charge on any atom is 0.200 e. The lowest BCUT2D eigenvalue weighted by Crippen LogP contribution is -2.34. The number of nitrogens with two attached hydrogens (primary N) is 1. The van der Waals surface area contributed by atoms with Crippen LogP contribution in [-0.2, 0) is 0 Å². The zero-order valence-electron chi connectivity index (χ0n) is 10.7. The number of para-hydroxylation sites is 2. The number of aliphatic imine (C=N–C) groups is 1. The third-order valence-electron chi connectivity index (χ3n) is 2.82. The van der Waals surface area contributed by atoms with Crippen LogP contribution in [0.2, 0.25) is 0 Å². The monoisotopic (exact) mass is 239 g/mol. The topological polar surface area (TPSA) is 41.6 Å². The fourth-order valence-corrected chi connectivity index (χ4v) is 1.77. The van der Waals surface area contributed by atoms with Gasteiger partial charge in [-0.05, 0) is 30.7 Å². The Labute approximate surface area is 108 Å². The van der Waals surface area contributed by atoms with Crippen LogP contribution in [0.15, 0.2) is 59.6 Å². The Hall–Kier alpha value is -2.29. The van der Waals surface area contributed by atoms with Crippen LogP contribution in [0.3, 0.4) is 0 Å². The van der Waals surface area contributed by atoms with Crippen molar-refractivity contribution in [1.29, 1.82) is 0 Å². The molecular formula is C15H17N3. The van der Waals surface area contributed by atoms with Crippen molar-refractivity contribution in [3.63, 3.8) is 0 Å². The zero-order valence-corrected chi connectivity index (χ0v) is 10.7. The van der Waals surface area contributed by atoms with E-state index >= 15 is 0 Å². The third kappa shape index (κ3) is 2.69. The molecule has 0 spiro atoms. The quantitative estimate of drug-likeness (QED) is 0.646. The second-order valence-corrected chi connectivity index (χ2v) is 4.15. The predicted octanol–water partition coefficient (Wildman–Crippen LogP) is 3.08. The highest BCUT2D eigenvalue weighted by molar-refractivity contribution is 5.96. The average Bonchev–Trinajstić information content (AvgIpc) is 2.39. The molecule has 0 bridgehead atoms. The number of rotatable bonds is 2. The Morgan fingerprint density at radius 2 is 1.61 bits per heavy atom. The molecule has 0 aliphatic rings. The minimum absolute atomic E-state index is 0.482. The molecule has 0 saturated heterocycles. The van der Waals surface area contributed by atoms with E-state index in [1.807, 2.05) is 60.5 Å². The molecule has 2 aromatic rings. The van der Waals surface area contributed by atoms with Crippen LogP contribution >= 0.6 is 0 Å². The van der Waals surface area contributed by atoms with Crippen molar-refractivity contribution in [2.75, 3.05) is 11.9 Å². The van der Waals surface area contributed by atoms with E-state index in [0.29, 0.717) is 5.96 Å². The highest BCUT2D eigenvalue weighted by Crippen LogP contribution is 2.18. The molecule has 0 radical (unpaired) electrons. The largest absolute Gasteiger partial charge is 0.369 e. The van der Waals surface area contributed by atoms with Crippen LogP contribution in [0.1, 0.15) is 5.56 Å². The van der Waals surface area contributed by atoms with Crippen LogP contribution < -0.4 is 10.6 Å². The Balaban J connectivity index is 2.27. The molecule has 0 aliphatic heterocycles. The van der Waals surface area contributed by atoms with Gasteiger partial charge in [0, 0.05) is 12.7 Å². The second kappa shape index (κ2) is 5.36. The molecule has 3 heteroatoms.